The molecule has 0 saturated heterocycles. The van der Waals surface area contributed by atoms with Crippen LogP contribution in [0.25, 0.3) is 0 Å². The van der Waals surface area contributed by atoms with Crippen molar-refractivity contribution in [1.82, 2.24) is 0 Å². The fraction of sp³-hybridized carbons (Fsp3) is 0.222. The maximum absolute atomic E-state index is 15.4. The lowest BCUT2D eigenvalue weighted by molar-refractivity contribution is -0.348. The third kappa shape index (κ3) is 6.00. The molecule has 0 radical (unpaired) electrons. The van der Waals surface area contributed by atoms with Gasteiger partial charge < -0.3 is 10.4 Å². The van der Waals surface area contributed by atoms with E-state index in [-0.39, 0.29) is 17.7 Å². The predicted octanol–water partition coefficient (Wildman–Crippen LogP) is 6.72. The number of aryl methyl sites for hydroxylation is 2. The van der Waals surface area contributed by atoms with E-state index in [4.69, 9.17) is 0 Å². The molecule has 0 aliphatic rings. The molecule has 3 aromatic rings. The van der Waals surface area contributed by atoms with Gasteiger partial charge in [-0.25, -0.2) is 8.78 Å². The first-order chi connectivity index (χ1) is 18.9. The highest BCUT2D eigenvalue weighted by molar-refractivity contribution is 6.10. The highest BCUT2D eigenvalue weighted by Crippen LogP contribution is 2.54. The summed E-state index contributed by atoms with van der Waals surface area (Å²) in [6.45, 7) is 0.682. The SMILES string of the molecule is Cc1cc(C(F)(C(F)(F)F)C(F)(F)F)cc(C)c1N(CC(=O)O)C(=O)c1cccc(NC(=O)c2ccccc2)c1F. The predicted molar refractivity (Wildman–Crippen MR) is 131 cm³/mol. The number of aliphatic carboxylic acids is 1. The van der Waals surface area contributed by atoms with Gasteiger partial charge in [0.05, 0.1) is 16.9 Å². The van der Waals surface area contributed by atoms with E-state index in [0.29, 0.717) is 4.90 Å². The molecule has 0 heterocycles. The number of halogens is 8. The number of rotatable bonds is 7. The van der Waals surface area contributed by atoms with Gasteiger partial charge in [-0.2, -0.15) is 26.3 Å². The van der Waals surface area contributed by atoms with E-state index in [0.717, 1.165) is 32.0 Å². The molecule has 0 spiro atoms. The maximum Gasteiger partial charge on any atom is 0.435 e. The van der Waals surface area contributed by atoms with Crippen molar-refractivity contribution >= 4 is 29.2 Å². The van der Waals surface area contributed by atoms with Crippen molar-refractivity contribution in [1.29, 1.82) is 0 Å². The second-order valence-corrected chi connectivity index (χ2v) is 8.88. The van der Waals surface area contributed by atoms with Crippen molar-refractivity contribution in [3.05, 3.63) is 94.3 Å². The number of carbonyl (C=O) groups excluding carboxylic acids is 2. The number of benzene rings is 3. The van der Waals surface area contributed by atoms with Crippen molar-refractivity contribution in [3.8, 4) is 0 Å². The Morgan fingerprint density at radius 1 is 0.829 bits per heavy atom. The van der Waals surface area contributed by atoms with Crippen LogP contribution in [0.15, 0.2) is 60.7 Å². The van der Waals surface area contributed by atoms with Gasteiger partial charge in [0.2, 0.25) is 0 Å². The fourth-order valence-corrected chi connectivity index (χ4v) is 4.18. The van der Waals surface area contributed by atoms with Crippen LogP contribution in [0.3, 0.4) is 0 Å². The van der Waals surface area contributed by atoms with Gasteiger partial charge in [0.1, 0.15) is 6.54 Å². The number of carbonyl (C=O) groups is 3. The summed E-state index contributed by atoms with van der Waals surface area (Å²) in [6, 6.07) is 11.1. The van der Waals surface area contributed by atoms with Crippen LogP contribution in [0.4, 0.5) is 46.5 Å². The lowest BCUT2D eigenvalue weighted by Crippen LogP contribution is -2.50. The monoisotopic (exact) mass is 588 g/mol. The molecule has 3 rings (SSSR count). The second-order valence-electron chi connectivity index (χ2n) is 8.88. The molecule has 0 bridgehead atoms. The molecule has 0 unspecified atom stereocenters. The van der Waals surface area contributed by atoms with Gasteiger partial charge in [-0.15, -0.1) is 0 Å². The number of nitrogens with one attached hydrogen (secondary N) is 1. The summed E-state index contributed by atoms with van der Waals surface area (Å²) >= 11 is 0. The average Bonchev–Trinajstić information content (AvgIpc) is 2.86. The van der Waals surface area contributed by atoms with Crippen molar-refractivity contribution in [2.24, 2.45) is 0 Å². The number of hydrogen-bond donors (Lipinski definition) is 2. The van der Waals surface area contributed by atoms with Crippen molar-refractivity contribution < 1.29 is 54.6 Å². The summed E-state index contributed by atoms with van der Waals surface area (Å²) in [5.41, 5.74) is -10.2. The Bertz CT molecular complexity index is 1450. The number of amides is 2. The quantitative estimate of drug-likeness (QED) is 0.300. The minimum atomic E-state index is -6.41. The van der Waals surface area contributed by atoms with E-state index in [1.165, 1.54) is 12.1 Å². The van der Waals surface area contributed by atoms with Gasteiger partial charge in [0.15, 0.2) is 5.82 Å². The van der Waals surface area contributed by atoms with E-state index in [1.54, 1.807) is 18.2 Å². The van der Waals surface area contributed by atoms with Gasteiger partial charge in [-0.1, -0.05) is 36.4 Å². The molecule has 0 aromatic heterocycles. The molecule has 14 heteroatoms. The van der Waals surface area contributed by atoms with Crippen LogP contribution < -0.4 is 10.2 Å². The summed E-state index contributed by atoms with van der Waals surface area (Å²) in [7, 11) is 0. The maximum atomic E-state index is 15.4. The minimum Gasteiger partial charge on any atom is -0.480 e. The fourth-order valence-electron chi connectivity index (χ4n) is 4.18. The Kier molecular flexibility index (Phi) is 8.46. The van der Waals surface area contributed by atoms with Crippen LogP contribution in [-0.4, -0.2) is 41.8 Å². The molecule has 0 aliphatic heterocycles. The lowest BCUT2D eigenvalue weighted by Gasteiger charge is -2.32. The Morgan fingerprint density at radius 3 is 1.85 bits per heavy atom. The molecule has 0 atom stereocenters. The molecular weight excluding hydrogens is 568 g/mol. The number of nitrogens with zero attached hydrogens (tertiary/aromatic N) is 1. The Labute approximate surface area is 227 Å². The van der Waals surface area contributed by atoms with Gasteiger partial charge in [-0.3, -0.25) is 19.3 Å². The first-order valence-electron chi connectivity index (χ1n) is 11.5. The molecule has 41 heavy (non-hydrogen) atoms. The topological polar surface area (TPSA) is 86.7 Å². The van der Waals surface area contributed by atoms with Crippen LogP contribution in [0.5, 0.6) is 0 Å². The number of carboxylic acid groups (broad SMARTS) is 1. The molecule has 2 N–H and O–H groups in total. The van der Waals surface area contributed by atoms with Crippen LogP contribution in [0.2, 0.25) is 0 Å². The molecule has 218 valence electrons. The zero-order valence-corrected chi connectivity index (χ0v) is 21.1. The van der Waals surface area contributed by atoms with Crippen LogP contribution in [-0.2, 0) is 10.5 Å². The van der Waals surface area contributed by atoms with Gasteiger partial charge in [0.25, 0.3) is 11.8 Å². The Hall–Kier alpha value is -4.49. The molecule has 0 aliphatic carbocycles. The second kappa shape index (κ2) is 11.2. The zero-order chi connectivity index (χ0) is 30.9. The molecule has 6 nitrogen and oxygen atoms in total. The van der Waals surface area contributed by atoms with Gasteiger partial charge >= 0.3 is 24.0 Å². The third-order valence-electron chi connectivity index (χ3n) is 5.99. The molecule has 0 saturated carbocycles. The van der Waals surface area contributed by atoms with Crippen molar-refractivity contribution in [2.45, 2.75) is 31.9 Å². The molecule has 2 amide bonds. The number of alkyl halides is 7. The standard InChI is InChI=1S/C27H20F8N2O4/c1-14-11-17(25(29,26(30,31)32)27(33,34)35)12-15(2)22(14)37(13-20(38)39)24(41)18-9-6-10-19(21(18)28)36-23(40)16-7-4-3-5-8-16/h3-12H,13H2,1-2H3,(H,36,40)(H,38,39). The van der Waals surface area contributed by atoms with E-state index < -0.39 is 81.8 Å². The van der Waals surface area contributed by atoms with Crippen LogP contribution in [0, 0.1) is 19.7 Å². The summed E-state index contributed by atoms with van der Waals surface area (Å²) in [6.07, 6.45) is -12.8. The van der Waals surface area contributed by atoms with Crippen LogP contribution >= 0.6 is 0 Å². The normalized spacial score (nSPS) is 12.1. The van der Waals surface area contributed by atoms with E-state index in [9.17, 15) is 50.2 Å². The average molecular weight is 588 g/mol. The smallest absolute Gasteiger partial charge is 0.435 e. The summed E-state index contributed by atoms with van der Waals surface area (Å²) < 4.78 is 110. The minimum absolute atomic E-state index is 0.143. The molecule has 3 aromatic carbocycles. The summed E-state index contributed by atoms with van der Waals surface area (Å²) in [4.78, 5) is 37.8. The Morgan fingerprint density at radius 2 is 1.37 bits per heavy atom. The summed E-state index contributed by atoms with van der Waals surface area (Å²) in [5, 5.41) is 11.6. The van der Waals surface area contributed by atoms with Crippen LogP contribution in [0.1, 0.15) is 37.4 Å². The zero-order valence-electron chi connectivity index (χ0n) is 21.1. The van der Waals surface area contributed by atoms with E-state index >= 15 is 4.39 Å². The van der Waals surface area contributed by atoms with E-state index in [1.807, 2.05) is 0 Å². The first kappa shape index (κ1) is 31.0. The highest BCUT2D eigenvalue weighted by Gasteiger charge is 2.73. The molecule has 0 fully saturated rings. The van der Waals surface area contributed by atoms with Crippen molar-refractivity contribution in [3.63, 3.8) is 0 Å². The molecular formula is C27H20F8N2O4. The number of hydrogen-bond acceptors (Lipinski definition) is 3. The number of carboxylic acids is 1. The van der Waals surface area contributed by atoms with E-state index in [2.05, 4.69) is 5.32 Å². The van der Waals surface area contributed by atoms with Gasteiger partial charge in [0, 0.05) is 11.1 Å². The third-order valence-corrected chi connectivity index (χ3v) is 5.99. The largest absolute Gasteiger partial charge is 0.480 e. The Balaban J connectivity index is 2.10. The number of anilines is 2. The highest BCUT2D eigenvalue weighted by atomic mass is 19.4. The van der Waals surface area contributed by atoms with Crippen molar-refractivity contribution in [2.75, 3.05) is 16.8 Å². The van der Waals surface area contributed by atoms with Gasteiger partial charge in [-0.05, 0) is 49.2 Å². The lowest BCUT2D eigenvalue weighted by atomic mass is 9.90. The summed E-state index contributed by atoms with van der Waals surface area (Å²) in [5.74, 6) is -5.05. The first-order valence-corrected chi connectivity index (χ1v) is 11.5.